The maximum Gasteiger partial charge on any atom is 0.243 e. The van der Waals surface area contributed by atoms with E-state index in [4.69, 9.17) is 4.74 Å². The van der Waals surface area contributed by atoms with Gasteiger partial charge in [0.05, 0.1) is 17.1 Å². The molecule has 1 aliphatic carbocycles. The molecule has 1 saturated carbocycles. The summed E-state index contributed by atoms with van der Waals surface area (Å²) >= 11 is 0. The van der Waals surface area contributed by atoms with Gasteiger partial charge in [0.1, 0.15) is 11.9 Å². The number of likely N-dealkylation sites (N-methyl/N-ethyl adjacent to an activating group) is 1. The lowest BCUT2D eigenvalue weighted by atomic mass is 9.89. The Hall–Kier alpha value is -3.39. The van der Waals surface area contributed by atoms with Crippen molar-refractivity contribution in [2.75, 3.05) is 20.6 Å². The van der Waals surface area contributed by atoms with E-state index in [1.54, 1.807) is 12.3 Å². The summed E-state index contributed by atoms with van der Waals surface area (Å²) in [4.78, 5) is 14.0. The quantitative estimate of drug-likeness (QED) is 0.453. The third-order valence-corrected chi connectivity index (χ3v) is 5.86. The van der Waals surface area contributed by atoms with Crippen LogP contribution in [0.1, 0.15) is 25.3 Å². The third-order valence-electron chi connectivity index (χ3n) is 5.86. The number of amides is 1. The van der Waals surface area contributed by atoms with Crippen molar-refractivity contribution in [1.82, 2.24) is 20.4 Å². The van der Waals surface area contributed by atoms with Gasteiger partial charge in [-0.15, -0.1) is 0 Å². The number of benzene rings is 2. The van der Waals surface area contributed by atoms with E-state index in [1.807, 2.05) is 44.1 Å². The molecule has 0 spiro atoms. The summed E-state index contributed by atoms with van der Waals surface area (Å²) in [6, 6.07) is 6.69. The number of aromatic amines is 1. The number of fused-ring (bicyclic) bond motifs is 1. The summed E-state index contributed by atoms with van der Waals surface area (Å²) in [6.45, 7) is 2.67. The second-order valence-electron chi connectivity index (χ2n) is 8.70. The van der Waals surface area contributed by atoms with E-state index < -0.39 is 5.82 Å². The first kappa shape index (κ1) is 22.8. The summed E-state index contributed by atoms with van der Waals surface area (Å²) < 4.78 is 20.4. The van der Waals surface area contributed by atoms with Crippen molar-refractivity contribution < 1.29 is 19.0 Å². The molecule has 7 nitrogen and oxygen atoms in total. The van der Waals surface area contributed by atoms with Crippen LogP contribution in [0.15, 0.2) is 42.6 Å². The Kier molecular flexibility index (Phi) is 6.65. The van der Waals surface area contributed by atoms with Gasteiger partial charge in [0, 0.05) is 31.5 Å². The molecule has 1 fully saturated rings. The number of aromatic hydroxyl groups is 1. The molecule has 0 atom stereocenters. The van der Waals surface area contributed by atoms with E-state index in [-0.39, 0.29) is 23.8 Å². The minimum atomic E-state index is -0.661. The maximum absolute atomic E-state index is 14.1. The molecule has 1 heterocycles. The Morgan fingerprint density at radius 3 is 2.85 bits per heavy atom. The van der Waals surface area contributed by atoms with Crippen LogP contribution in [0.5, 0.6) is 11.5 Å². The van der Waals surface area contributed by atoms with Gasteiger partial charge < -0.3 is 20.1 Å². The standard InChI is InChI=1S/C25H29FN4O3/c1-4-15-9-23(31)21(26)13-19(15)16-8-22-20(14-27-29-22)24(10-16)33-18-11-17(12-18)28-25(32)6-5-7-30(2)3/h5-6,8-10,13-14,17-18,31H,4,7,11-12H2,1-3H3,(H,27,29)(H,28,32)/b6-5+/t17-,18-. The Labute approximate surface area is 192 Å². The lowest BCUT2D eigenvalue weighted by Crippen LogP contribution is -2.48. The Bertz CT molecular complexity index is 1180. The van der Waals surface area contributed by atoms with Gasteiger partial charge in [-0.05, 0) is 61.5 Å². The molecule has 3 N–H and O–H groups in total. The largest absolute Gasteiger partial charge is 0.505 e. The SMILES string of the molecule is CCc1cc(O)c(F)cc1-c1cc(O[C@H]2C[C@H](NC(=O)/C=C/CN(C)C)C2)c2cn[nH]c2c1. The van der Waals surface area contributed by atoms with E-state index in [1.165, 1.54) is 12.1 Å². The Morgan fingerprint density at radius 2 is 2.12 bits per heavy atom. The van der Waals surface area contributed by atoms with Gasteiger partial charge in [0.25, 0.3) is 0 Å². The topological polar surface area (TPSA) is 90.5 Å². The van der Waals surface area contributed by atoms with Crippen LogP contribution >= 0.6 is 0 Å². The van der Waals surface area contributed by atoms with Crippen LogP contribution in [-0.2, 0) is 11.2 Å². The summed E-state index contributed by atoms with van der Waals surface area (Å²) in [5.41, 5.74) is 3.12. The van der Waals surface area contributed by atoms with Crippen molar-refractivity contribution in [3.8, 4) is 22.6 Å². The molecule has 1 amide bonds. The second kappa shape index (κ2) is 9.62. The highest BCUT2D eigenvalue weighted by Gasteiger charge is 2.32. The number of ether oxygens (including phenoxy) is 1. The fourth-order valence-electron chi connectivity index (χ4n) is 4.02. The van der Waals surface area contributed by atoms with Gasteiger partial charge in [-0.25, -0.2) is 4.39 Å². The van der Waals surface area contributed by atoms with E-state index in [0.29, 0.717) is 37.1 Å². The minimum absolute atomic E-state index is 0.0309. The van der Waals surface area contributed by atoms with Crippen LogP contribution < -0.4 is 10.1 Å². The van der Waals surface area contributed by atoms with Crippen molar-refractivity contribution in [3.63, 3.8) is 0 Å². The first-order chi connectivity index (χ1) is 15.8. The molecule has 33 heavy (non-hydrogen) atoms. The molecule has 8 heteroatoms. The number of carbonyl (C=O) groups excluding carboxylic acids is 1. The Morgan fingerprint density at radius 1 is 1.33 bits per heavy atom. The van der Waals surface area contributed by atoms with E-state index in [0.717, 1.165) is 22.0 Å². The van der Waals surface area contributed by atoms with Crippen molar-refractivity contribution in [2.24, 2.45) is 0 Å². The molecule has 0 radical (unpaired) electrons. The molecule has 0 bridgehead atoms. The molecular formula is C25H29FN4O3. The van der Waals surface area contributed by atoms with Crippen molar-refractivity contribution in [1.29, 1.82) is 0 Å². The van der Waals surface area contributed by atoms with Gasteiger partial charge >= 0.3 is 0 Å². The number of phenolic OH excluding ortho intramolecular Hbond substituents is 1. The Balaban J connectivity index is 1.48. The number of nitrogens with zero attached hydrogens (tertiary/aromatic N) is 2. The van der Waals surface area contributed by atoms with Gasteiger partial charge in [-0.2, -0.15) is 5.10 Å². The number of aromatic nitrogens is 2. The molecule has 3 aromatic rings. The number of nitrogens with one attached hydrogen (secondary N) is 2. The molecule has 2 aromatic carbocycles. The van der Waals surface area contributed by atoms with Gasteiger partial charge in [0.15, 0.2) is 11.6 Å². The van der Waals surface area contributed by atoms with Crippen LogP contribution in [-0.4, -0.2) is 58.9 Å². The monoisotopic (exact) mass is 452 g/mol. The summed E-state index contributed by atoms with van der Waals surface area (Å²) in [7, 11) is 3.90. The number of hydrogen-bond donors (Lipinski definition) is 3. The summed E-state index contributed by atoms with van der Waals surface area (Å²) in [5, 5.41) is 20.7. The lowest BCUT2D eigenvalue weighted by Gasteiger charge is -2.35. The number of phenols is 1. The van der Waals surface area contributed by atoms with Crippen molar-refractivity contribution >= 4 is 16.8 Å². The zero-order valence-electron chi connectivity index (χ0n) is 19.1. The average molecular weight is 453 g/mol. The second-order valence-corrected chi connectivity index (χ2v) is 8.70. The predicted molar refractivity (Wildman–Crippen MR) is 126 cm³/mol. The molecule has 0 saturated heterocycles. The number of rotatable bonds is 8. The number of H-pyrrole nitrogens is 1. The zero-order valence-corrected chi connectivity index (χ0v) is 19.1. The first-order valence-electron chi connectivity index (χ1n) is 11.1. The molecular weight excluding hydrogens is 423 g/mol. The fourth-order valence-corrected chi connectivity index (χ4v) is 4.02. The molecule has 1 aliphatic rings. The van der Waals surface area contributed by atoms with Gasteiger partial charge in [-0.3, -0.25) is 9.89 Å². The van der Waals surface area contributed by atoms with Gasteiger partial charge in [-0.1, -0.05) is 13.0 Å². The fraction of sp³-hybridized carbons (Fsp3) is 0.360. The number of carbonyl (C=O) groups is 1. The zero-order chi connectivity index (χ0) is 23.5. The molecule has 4 rings (SSSR count). The first-order valence-corrected chi connectivity index (χ1v) is 11.1. The van der Waals surface area contributed by atoms with Gasteiger partial charge in [0.2, 0.25) is 5.91 Å². The van der Waals surface area contributed by atoms with Crippen LogP contribution in [0.2, 0.25) is 0 Å². The van der Waals surface area contributed by atoms with Crippen LogP contribution in [0.25, 0.3) is 22.0 Å². The normalized spacial score (nSPS) is 18.1. The summed E-state index contributed by atoms with van der Waals surface area (Å²) in [5.74, 6) is -0.450. The van der Waals surface area contributed by atoms with Crippen molar-refractivity contribution in [2.45, 2.75) is 38.3 Å². The molecule has 174 valence electrons. The van der Waals surface area contributed by atoms with E-state index >= 15 is 0 Å². The smallest absolute Gasteiger partial charge is 0.243 e. The predicted octanol–water partition coefficient (Wildman–Crippen LogP) is 3.78. The summed E-state index contributed by atoms with van der Waals surface area (Å²) in [6.07, 6.45) is 7.15. The number of hydrogen-bond acceptors (Lipinski definition) is 5. The average Bonchev–Trinajstić information content (AvgIpc) is 3.22. The van der Waals surface area contributed by atoms with Crippen LogP contribution in [0, 0.1) is 5.82 Å². The van der Waals surface area contributed by atoms with Crippen molar-refractivity contribution in [3.05, 3.63) is 54.0 Å². The van der Waals surface area contributed by atoms with Crippen LogP contribution in [0.4, 0.5) is 4.39 Å². The number of halogens is 1. The minimum Gasteiger partial charge on any atom is -0.505 e. The highest BCUT2D eigenvalue weighted by Crippen LogP contribution is 2.37. The highest BCUT2D eigenvalue weighted by atomic mass is 19.1. The maximum atomic E-state index is 14.1. The number of aryl methyl sites for hydroxylation is 1. The highest BCUT2D eigenvalue weighted by molar-refractivity contribution is 5.90. The molecule has 0 aliphatic heterocycles. The van der Waals surface area contributed by atoms with E-state index in [2.05, 4.69) is 15.5 Å². The van der Waals surface area contributed by atoms with Crippen LogP contribution in [0.3, 0.4) is 0 Å². The lowest BCUT2D eigenvalue weighted by molar-refractivity contribution is -0.118. The third kappa shape index (κ3) is 5.17. The van der Waals surface area contributed by atoms with E-state index in [9.17, 15) is 14.3 Å². The molecule has 0 unspecified atom stereocenters. The molecule has 1 aromatic heterocycles.